The van der Waals surface area contributed by atoms with Gasteiger partial charge in [-0.2, -0.15) is 0 Å². The lowest BCUT2D eigenvalue weighted by atomic mass is 9.80. The van der Waals surface area contributed by atoms with Crippen LogP contribution < -0.4 is 11.1 Å². The van der Waals surface area contributed by atoms with Gasteiger partial charge >= 0.3 is 0 Å². The van der Waals surface area contributed by atoms with E-state index in [0.29, 0.717) is 30.3 Å². The van der Waals surface area contributed by atoms with Crippen LogP contribution in [0.3, 0.4) is 0 Å². The van der Waals surface area contributed by atoms with Crippen LogP contribution in [0.25, 0.3) is 11.2 Å². The molecule has 4 heterocycles. The number of fused-ring (bicyclic) bond motifs is 1. The van der Waals surface area contributed by atoms with Crippen molar-refractivity contribution >= 4 is 28.8 Å². The quantitative estimate of drug-likeness (QED) is 0.402. The number of carbonyl (C=O) groups excluding carboxylic acids is 2. The molecule has 1 aliphatic carbocycles. The van der Waals surface area contributed by atoms with Crippen LogP contribution in [-0.4, -0.2) is 84.4 Å². The first-order chi connectivity index (χ1) is 18.4. The molecule has 2 aromatic heterocycles. The number of hydrogen-bond donors (Lipinski definition) is 4. The van der Waals surface area contributed by atoms with E-state index in [9.17, 15) is 19.8 Å². The number of aliphatic hydroxyl groups excluding tert-OH is 2. The Morgan fingerprint density at radius 3 is 2.61 bits per heavy atom. The van der Waals surface area contributed by atoms with E-state index in [1.807, 2.05) is 4.90 Å². The first-order valence-electron chi connectivity index (χ1n) is 13.4. The Labute approximate surface area is 221 Å². The van der Waals surface area contributed by atoms with Crippen molar-refractivity contribution in [1.29, 1.82) is 0 Å². The van der Waals surface area contributed by atoms with Gasteiger partial charge in [-0.15, -0.1) is 0 Å². The van der Waals surface area contributed by atoms with E-state index in [-0.39, 0.29) is 23.2 Å². The molecule has 4 atom stereocenters. The molecule has 2 unspecified atom stereocenters. The lowest BCUT2D eigenvalue weighted by Crippen LogP contribution is -2.42. The zero-order valence-electron chi connectivity index (χ0n) is 21.5. The smallest absolute Gasteiger partial charge is 0.252 e. The highest BCUT2D eigenvalue weighted by Gasteiger charge is 2.47. The number of anilines is 1. The molecule has 1 saturated carbocycles. The monoisotopic (exact) mass is 525 g/mol. The van der Waals surface area contributed by atoms with E-state index in [4.69, 9.17) is 10.5 Å². The van der Waals surface area contributed by atoms with Gasteiger partial charge < -0.3 is 30.9 Å². The Hall–Kier alpha value is -3.27. The summed E-state index contributed by atoms with van der Waals surface area (Å²) in [5, 5.41) is 23.5. The summed E-state index contributed by atoms with van der Waals surface area (Å²) in [5.74, 6) is 6.87. The molecule has 12 heteroatoms. The minimum atomic E-state index is -1.41. The van der Waals surface area contributed by atoms with Crippen molar-refractivity contribution in [2.45, 2.75) is 76.4 Å². The Morgan fingerprint density at radius 1 is 1.16 bits per heavy atom. The van der Waals surface area contributed by atoms with Crippen molar-refractivity contribution in [3.8, 4) is 11.8 Å². The van der Waals surface area contributed by atoms with Gasteiger partial charge in [0.1, 0.15) is 17.7 Å². The van der Waals surface area contributed by atoms with Crippen LogP contribution in [0.4, 0.5) is 5.82 Å². The van der Waals surface area contributed by atoms with Crippen LogP contribution in [0.1, 0.15) is 63.9 Å². The van der Waals surface area contributed by atoms with Gasteiger partial charge in [-0.05, 0) is 57.3 Å². The van der Waals surface area contributed by atoms with Gasteiger partial charge in [-0.25, -0.2) is 15.0 Å². The highest BCUT2D eigenvalue weighted by Crippen LogP contribution is 2.33. The fourth-order valence-electron chi connectivity index (χ4n) is 5.64. The van der Waals surface area contributed by atoms with Gasteiger partial charge in [-0.1, -0.05) is 5.92 Å². The normalized spacial score (nSPS) is 29.3. The molecule has 0 spiro atoms. The number of likely N-dealkylation sites (tertiary alicyclic amines) is 1. The summed E-state index contributed by atoms with van der Waals surface area (Å²) in [6.07, 6.45) is 2.94. The lowest BCUT2D eigenvalue weighted by Gasteiger charge is -2.29. The summed E-state index contributed by atoms with van der Waals surface area (Å²) >= 11 is 0. The van der Waals surface area contributed by atoms with Crippen molar-refractivity contribution < 1.29 is 24.5 Å². The average Bonchev–Trinajstić information content (AvgIpc) is 3.65. The largest absolute Gasteiger partial charge is 0.387 e. The van der Waals surface area contributed by atoms with Crippen LogP contribution in [-0.2, 0) is 14.3 Å². The number of amides is 2. The highest BCUT2D eigenvalue weighted by molar-refractivity contribution is 5.83. The zero-order chi connectivity index (χ0) is 26.8. The predicted octanol–water partition coefficient (Wildman–Crippen LogP) is 0.334. The molecule has 5 N–H and O–H groups in total. The molecule has 0 radical (unpaired) electrons. The molecule has 2 amide bonds. The number of rotatable bonds is 5. The van der Waals surface area contributed by atoms with Crippen molar-refractivity contribution in [3.05, 3.63) is 12.2 Å². The molecule has 2 saturated heterocycles. The SMILES string of the molecule is CCNC(=O)[C@H]1O[C@@H](n2cnc3c(N)nc(C#CCC4CCC(C(=O)N5CCCC5)CC4)nc32)C(O)C1O. The topological polar surface area (TPSA) is 169 Å². The minimum Gasteiger partial charge on any atom is -0.387 e. The number of hydrogen-bond acceptors (Lipinski definition) is 9. The van der Waals surface area contributed by atoms with Gasteiger partial charge in [0.25, 0.3) is 5.91 Å². The second kappa shape index (κ2) is 11.2. The lowest BCUT2D eigenvalue weighted by molar-refractivity contribution is -0.137. The highest BCUT2D eigenvalue weighted by atomic mass is 16.6. The molecular weight excluding hydrogens is 490 g/mol. The number of likely N-dealkylation sites (N-methyl/N-ethyl adjacent to an activating group) is 1. The number of carbonyl (C=O) groups is 2. The van der Waals surface area contributed by atoms with Crippen molar-refractivity contribution in [2.75, 3.05) is 25.4 Å². The van der Waals surface area contributed by atoms with Crippen molar-refractivity contribution in [3.63, 3.8) is 0 Å². The van der Waals surface area contributed by atoms with Crippen LogP contribution in [0.5, 0.6) is 0 Å². The molecule has 3 aliphatic rings. The predicted molar refractivity (Wildman–Crippen MR) is 137 cm³/mol. The summed E-state index contributed by atoms with van der Waals surface area (Å²) in [4.78, 5) is 39.9. The van der Waals surface area contributed by atoms with Crippen molar-refractivity contribution in [2.24, 2.45) is 11.8 Å². The molecule has 204 valence electrons. The minimum absolute atomic E-state index is 0.132. The van der Waals surface area contributed by atoms with E-state index in [0.717, 1.165) is 51.6 Å². The van der Waals surface area contributed by atoms with Gasteiger partial charge in [0.05, 0.1) is 6.33 Å². The number of nitrogen functional groups attached to an aromatic ring is 1. The maximum atomic E-state index is 12.7. The molecule has 3 fully saturated rings. The van der Waals surface area contributed by atoms with E-state index in [1.54, 1.807) is 6.92 Å². The first kappa shape index (κ1) is 26.3. The van der Waals surface area contributed by atoms with Crippen LogP contribution >= 0.6 is 0 Å². The fourth-order valence-corrected chi connectivity index (χ4v) is 5.64. The third-order valence-electron chi connectivity index (χ3n) is 7.77. The number of nitrogens with zero attached hydrogens (tertiary/aromatic N) is 5. The average molecular weight is 526 g/mol. The maximum Gasteiger partial charge on any atom is 0.252 e. The zero-order valence-corrected chi connectivity index (χ0v) is 21.5. The van der Waals surface area contributed by atoms with Gasteiger partial charge in [-0.3, -0.25) is 14.2 Å². The van der Waals surface area contributed by atoms with E-state index in [2.05, 4.69) is 32.1 Å². The standard InChI is InChI=1S/C26H35N7O5/c1-2-28-24(36)21-19(34)20(35)26(38-21)33-14-29-18-22(27)30-17(31-23(18)33)7-5-6-15-8-10-16(11-9-15)25(37)32-12-3-4-13-32/h14-16,19-21,26,34-35H,2-4,6,8-13H2,1H3,(H,28,36)(H2,27,30,31)/t15?,16?,19?,20?,21-,26+/m0/s1. The summed E-state index contributed by atoms with van der Waals surface area (Å²) in [6.45, 7) is 3.92. The van der Waals surface area contributed by atoms with Gasteiger partial charge in [0, 0.05) is 32.0 Å². The molecule has 2 aliphatic heterocycles. The molecule has 2 aromatic rings. The van der Waals surface area contributed by atoms with Crippen molar-refractivity contribution in [1.82, 2.24) is 29.7 Å². The third kappa shape index (κ3) is 5.18. The van der Waals surface area contributed by atoms with Crippen LogP contribution in [0, 0.1) is 23.7 Å². The molecule has 0 aromatic carbocycles. The first-order valence-corrected chi connectivity index (χ1v) is 13.4. The second-order valence-corrected chi connectivity index (χ2v) is 10.3. The van der Waals surface area contributed by atoms with Crippen LogP contribution in [0.2, 0.25) is 0 Å². The number of imidazole rings is 1. The number of aliphatic hydroxyl groups is 2. The summed E-state index contributed by atoms with van der Waals surface area (Å²) in [6, 6.07) is 0. The molecule has 12 nitrogen and oxygen atoms in total. The van der Waals surface area contributed by atoms with E-state index >= 15 is 0 Å². The Morgan fingerprint density at radius 2 is 1.89 bits per heavy atom. The Bertz CT molecular complexity index is 1240. The number of ether oxygens (including phenoxy) is 1. The second-order valence-electron chi connectivity index (χ2n) is 10.3. The molecule has 0 bridgehead atoms. The van der Waals surface area contributed by atoms with Gasteiger partial charge in [0.15, 0.2) is 23.8 Å². The molecule has 5 rings (SSSR count). The Balaban J connectivity index is 1.25. The van der Waals surface area contributed by atoms with Gasteiger partial charge in [0.2, 0.25) is 11.7 Å². The third-order valence-corrected chi connectivity index (χ3v) is 7.77. The number of nitrogens with two attached hydrogens (primary N) is 1. The maximum absolute atomic E-state index is 12.7. The summed E-state index contributed by atoms with van der Waals surface area (Å²) in [5.41, 5.74) is 6.70. The summed E-state index contributed by atoms with van der Waals surface area (Å²) < 4.78 is 7.13. The Kier molecular flexibility index (Phi) is 7.78. The number of aromatic nitrogens is 4. The van der Waals surface area contributed by atoms with Crippen LogP contribution in [0.15, 0.2) is 6.33 Å². The molecule has 38 heavy (non-hydrogen) atoms. The number of nitrogens with one attached hydrogen (secondary N) is 1. The van der Waals surface area contributed by atoms with E-state index in [1.165, 1.54) is 10.9 Å². The fraction of sp³-hybridized carbons (Fsp3) is 0.654. The summed E-state index contributed by atoms with van der Waals surface area (Å²) in [7, 11) is 0. The van der Waals surface area contributed by atoms with E-state index < -0.39 is 30.4 Å². The molecular formula is C26H35N7O5.